The number of sulfonamides is 1. The van der Waals surface area contributed by atoms with E-state index in [9.17, 15) is 23.1 Å². The van der Waals surface area contributed by atoms with Gasteiger partial charge in [-0.05, 0) is 53.1 Å². The topological polar surface area (TPSA) is 191 Å². The first-order valence-corrected chi connectivity index (χ1v) is 12.1. The van der Waals surface area contributed by atoms with Gasteiger partial charge in [-0.2, -0.15) is 5.10 Å². The molecular formula is C24H25N5O6S. The minimum atomic E-state index is -3.98. The lowest BCUT2D eigenvalue weighted by atomic mass is 10.0. The third-order valence-electron chi connectivity index (χ3n) is 5.29. The molecular weight excluding hydrogens is 486 g/mol. The van der Waals surface area contributed by atoms with Gasteiger partial charge in [0.15, 0.2) is 0 Å². The number of carbonyl (C=O) groups excluding carboxylic acids is 2. The highest BCUT2D eigenvalue weighted by Crippen LogP contribution is 2.29. The zero-order valence-electron chi connectivity index (χ0n) is 19.2. The Morgan fingerprint density at radius 2 is 1.78 bits per heavy atom. The quantitative estimate of drug-likeness (QED) is 0.209. The Kier molecular flexibility index (Phi) is 8.04. The largest absolute Gasteiger partial charge is 0.508 e. The van der Waals surface area contributed by atoms with E-state index in [1.165, 1.54) is 42.6 Å². The summed E-state index contributed by atoms with van der Waals surface area (Å²) < 4.78 is 28.7. The molecule has 3 rings (SSSR count). The van der Waals surface area contributed by atoms with Crippen LogP contribution in [0, 0.1) is 0 Å². The maximum atomic E-state index is 13.2. The molecule has 7 N–H and O–H groups in total. The van der Waals surface area contributed by atoms with Crippen LogP contribution in [0.5, 0.6) is 5.75 Å². The Balaban J connectivity index is 1.92. The highest BCUT2D eigenvalue weighted by molar-refractivity contribution is 7.89. The highest BCUT2D eigenvalue weighted by atomic mass is 32.2. The lowest BCUT2D eigenvalue weighted by molar-refractivity contribution is -0.119. The van der Waals surface area contributed by atoms with Gasteiger partial charge in [0.2, 0.25) is 10.0 Å². The fourth-order valence-electron chi connectivity index (χ4n) is 3.58. The van der Waals surface area contributed by atoms with Crippen molar-refractivity contribution in [3.63, 3.8) is 0 Å². The van der Waals surface area contributed by atoms with Crippen LogP contribution in [0.25, 0.3) is 11.1 Å². The Labute approximate surface area is 207 Å². The summed E-state index contributed by atoms with van der Waals surface area (Å²) in [5, 5.41) is 18.9. The molecule has 0 radical (unpaired) electrons. The van der Waals surface area contributed by atoms with Crippen LogP contribution in [-0.2, 0) is 26.0 Å². The van der Waals surface area contributed by atoms with Crippen molar-refractivity contribution < 1.29 is 27.9 Å². The van der Waals surface area contributed by atoms with Gasteiger partial charge in [-0.25, -0.2) is 23.3 Å². The lowest BCUT2D eigenvalue weighted by Gasteiger charge is -2.23. The van der Waals surface area contributed by atoms with Crippen LogP contribution in [0.1, 0.15) is 11.1 Å². The Hall–Kier alpha value is -4.26. The molecule has 2 amide bonds. The van der Waals surface area contributed by atoms with Crippen LogP contribution in [0.3, 0.4) is 0 Å². The second-order valence-corrected chi connectivity index (χ2v) is 9.24. The number of imide groups is 1. The molecule has 0 bridgehead atoms. The van der Waals surface area contributed by atoms with Crippen LogP contribution >= 0.6 is 0 Å². The standard InChI is InChI=1S/C24H25N5O6S/c1-35-24(32)29(23(31)20(25)13-17-12-15(14-28-26)6-11-21(17)30)18-9-7-16(8-10-18)19-4-2-3-5-22(19)36(27,33)34/h2-12,14,20,30H,13,25-26H2,1H3,(H2,27,33,34)/t20-/m0/s1. The van der Waals surface area contributed by atoms with E-state index in [2.05, 4.69) is 5.10 Å². The first-order valence-electron chi connectivity index (χ1n) is 10.5. The number of phenols is 1. The summed E-state index contributed by atoms with van der Waals surface area (Å²) in [7, 11) is -2.86. The second kappa shape index (κ2) is 11.0. The molecule has 0 aliphatic carbocycles. The van der Waals surface area contributed by atoms with Gasteiger partial charge in [0, 0.05) is 12.0 Å². The number of methoxy groups -OCH3 is 1. The van der Waals surface area contributed by atoms with E-state index in [1.54, 1.807) is 30.3 Å². The number of anilines is 1. The minimum Gasteiger partial charge on any atom is -0.508 e. The first-order chi connectivity index (χ1) is 17.1. The summed E-state index contributed by atoms with van der Waals surface area (Å²) in [5.74, 6) is 4.29. The molecule has 0 saturated heterocycles. The van der Waals surface area contributed by atoms with Gasteiger partial charge in [-0.15, -0.1) is 0 Å². The number of primary sulfonamides is 1. The van der Waals surface area contributed by atoms with Gasteiger partial charge in [-0.3, -0.25) is 4.79 Å². The van der Waals surface area contributed by atoms with E-state index >= 15 is 0 Å². The summed E-state index contributed by atoms with van der Waals surface area (Å²) in [6.45, 7) is 0. The van der Waals surface area contributed by atoms with E-state index in [0.29, 0.717) is 22.3 Å². The summed E-state index contributed by atoms with van der Waals surface area (Å²) in [4.78, 5) is 26.4. The van der Waals surface area contributed by atoms with E-state index in [-0.39, 0.29) is 22.8 Å². The molecule has 11 nitrogen and oxygen atoms in total. The number of benzene rings is 3. The first kappa shape index (κ1) is 26.3. The number of hydrogen-bond acceptors (Lipinski definition) is 9. The maximum Gasteiger partial charge on any atom is 0.420 e. The van der Waals surface area contributed by atoms with Gasteiger partial charge in [-0.1, -0.05) is 30.3 Å². The third kappa shape index (κ3) is 5.86. The zero-order valence-corrected chi connectivity index (χ0v) is 20.1. The van der Waals surface area contributed by atoms with Crippen LogP contribution in [0.4, 0.5) is 10.5 Å². The molecule has 0 spiro atoms. The normalized spacial score (nSPS) is 12.3. The molecule has 0 aliphatic heterocycles. The van der Waals surface area contributed by atoms with Crippen LogP contribution in [-0.4, -0.2) is 44.9 Å². The maximum absolute atomic E-state index is 13.2. The second-order valence-electron chi connectivity index (χ2n) is 7.71. The number of hydrogen-bond donors (Lipinski definition) is 4. The average molecular weight is 512 g/mol. The van der Waals surface area contributed by atoms with Crippen molar-refractivity contribution in [2.24, 2.45) is 21.8 Å². The molecule has 0 unspecified atom stereocenters. The van der Waals surface area contributed by atoms with Crippen molar-refractivity contribution in [2.75, 3.05) is 12.0 Å². The van der Waals surface area contributed by atoms with Crippen LogP contribution in [0.2, 0.25) is 0 Å². The minimum absolute atomic E-state index is 0.0672. The Morgan fingerprint density at radius 3 is 2.39 bits per heavy atom. The molecule has 188 valence electrons. The molecule has 1 atom stereocenters. The lowest BCUT2D eigenvalue weighted by Crippen LogP contribution is -2.48. The third-order valence-corrected chi connectivity index (χ3v) is 6.26. The fourth-order valence-corrected chi connectivity index (χ4v) is 4.34. The predicted molar refractivity (Wildman–Crippen MR) is 135 cm³/mol. The molecule has 0 aromatic heterocycles. The Morgan fingerprint density at radius 1 is 1.11 bits per heavy atom. The number of nitrogens with two attached hydrogens (primary N) is 3. The van der Waals surface area contributed by atoms with E-state index in [1.807, 2.05) is 0 Å². The predicted octanol–water partition coefficient (Wildman–Crippen LogP) is 1.67. The van der Waals surface area contributed by atoms with Crippen molar-refractivity contribution in [3.05, 3.63) is 77.9 Å². The fraction of sp³-hybridized carbons (Fsp3) is 0.125. The van der Waals surface area contributed by atoms with Crippen molar-refractivity contribution in [1.82, 2.24) is 0 Å². The summed E-state index contributed by atoms with van der Waals surface area (Å²) >= 11 is 0. The number of hydrazone groups is 1. The molecule has 0 heterocycles. The summed E-state index contributed by atoms with van der Waals surface area (Å²) in [6, 6.07) is 15.5. The molecule has 0 aliphatic rings. The molecule has 12 heteroatoms. The smallest absolute Gasteiger partial charge is 0.420 e. The van der Waals surface area contributed by atoms with Crippen LogP contribution in [0.15, 0.2) is 76.7 Å². The molecule has 0 saturated carbocycles. The molecule has 36 heavy (non-hydrogen) atoms. The average Bonchev–Trinajstić information content (AvgIpc) is 2.86. The number of amides is 2. The SMILES string of the molecule is COC(=O)N(C(=O)[C@@H](N)Cc1cc(C=NN)ccc1O)c1ccc(-c2ccccc2S(N)(=O)=O)cc1. The zero-order chi connectivity index (χ0) is 26.5. The molecule has 3 aromatic rings. The number of carbonyl (C=O) groups is 2. The number of aromatic hydroxyl groups is 1. The Bertz CT molecular complexity index is 1410. The number of phenolic OH excluding ortho intramolecular Hbond substituents is 1. The highest BCUT2D eigenvalue weighted by Gasteiger charge is 2.30. The van der Waals surface area contributed by atoms with Crippen molar-refractivity contribution in [1.29, 1.82) is 0 Å². The molecule has 0 fully saturated rings. The van der Waals surface area contributed by atoms with Gasteiger partial charge in [0.25, 0.3) is 5.91 Å². The van der Waals surface area contributed by atoms with Gasteiger partial charge < -0.3 is 21.4 Å². The van der Waals surface area contributed by atoms with Crippen molar-refractivity contribution in [2.45, 2.75) is 17.4 Å². The molecule has 3 aromatic carbocycles. The van der Waals surface area contributed by atoms with E-state index in [4.69, 9.17) is 21.5 Å². The number of rotatable bonds is 7. The van der Waals surface area contributed by atoms with Crippen LogP contribution < -0.4 is 21.6 Å². The summed E-state index contributed by atoms with van der Waals surface area (Å²) in [6.07, 6.45) is 0.304. The number of nitrogens with zero attached hydrogens (tertiary/aromatic N) is 2. The van der Waals surface area contributed by atoms with Gasteiger partial charge >= 0.3 is 6.09 Å². The van der Waals surface area contributed by atoms with Gasteiger partial charge in [0.1, 0.15) is 5.75 Å². The number of ether oxygens (including phenoxy) is 1. The van der Waals surface area contributed by atoms with Gasteiger partial charge in [0.05, 0.1) is 29.9 Å². The van der Waals surface area contributed by atoms with E-state index in [0.717, 1.165) is 12.0 Å². The monoisotopic (exact) mass is 511 g/mol. The van der Waals surface area contributed by atoms with Crippen molar-refractivity contribution >= 4 is 33.9 Å². The van der Waals surface area contributed by atoms with Crippen molar-refractivity contribution in [3.8, 4) is 16.9 Å². The summed E-state index contributed by atoms with van der Waals surface area (Å²) in [5.41, 5.74) is 8.05. The van der Waals surface area contributed by atoms with E-state index < -0.39 is 28.1 Å².